The van der Waals surface area contributed by atoms with E-state index in [1.54, 1.807) is 24.3 Å². The molecule has 0 aliphatic heterocycles. The summed E-state index contributed by atoms with van der Waals surface area (Å²) >= 11 is 0. The lowest BCUT2D eigenvalue weighted by atomic mass is 10.2. The number of amides is 1. The second-order valence-corrected chi connectivity index (χ2v) is 7.57. The van der Waals surface area contributed by atoms with Gasteiger partial charge < -0.3 is 14.8 Å². The van der Waals surface area contributed by atoms with Crippen LogP contribution in [-0.4, -0.2) is 35.1 Å². The Morgan fingerprint density at radius 1 is 1.07 bits per heavy atom. The summed E-state index contributed by atoms with van der Waals surface area (Å²) in [5.41, 5.74) is 0.648. The summed E-state index contributed by atoms with van der Waals surface area (Å²) in [6, 6.07) is 10.9. The van der Waals surface area contributed by atoms with Crippen LogP contribution in [0.3, 0.4) is 0 Å². The summed E-state index contributed by atoms with van der Waals surface area (Å²) in [5, 5.41) is 2.72. The van der Waals surface area contributed by atoms with Crippen LogP contribution in [0.25, 0.3) is 0 Å². The normalized spacial score (nSPS) is 11.1. The molecule has 0 bridgehead atoms. The third-order valence-electron chi connectivity index (χ3n) is 3.88. The Kier molecular flexibility index (Phi) is 7.20. The number of hydrogen-bond acceptors (Lipinski definition) is 5. The number of ether oxygens (including phenoxy) is 2. The van der Waals surface area contributed by atoms with Crippen LogP contribution in [0.5, 0.6) is 11.5 Å². The fraction of sp³-hybridized carbons (Fsp3) is 0.316. The zero-order chi connectivity index (χ0) is 19.9. The summed E-state index contributed by atoms with van der Waals surface area (Å²) in [6.07, 6.45) is 1.63. The van der Waals surface area contributed by atoms with Crippen LogP contribution in [0.4, 0.5) is 5.69 Å². The molecule has 146 valence electrons. The Morgan fingerprint density at radius 3 is 2.52 bits per heavy atom. The van der Waals surface area contributed by atoms with Crippen LogP contribution in [-0.2, 0) is 10.0 Å². The third kappa shape index (κ3) is 5.45. The van der Waals surface area contributed by atoms with Crippen molar-refractivity contribution in [2.24, 2.45) is 0 Å². The number of anilines is 1. The summed E-state index contributed by atoms with van der Waals surface area (Å²) in [7, 11) is -0.646. The second kappa shape index (κ2) is 9.38. The fourth-order valence-electron chi connectivity index (χ4n) is 2.38. The maximum atomic E-state index is 12.6. The molecule has 0 unspecified atom stereocenters. The Bertz CT molecular complexity index is 897. The highest BCUT2D eigenvalue weighted by Crippen LogP contribution is 2.29. The van der Waals surface area contributed by atoms with Crippen molar-refractivity contribution in [3.05, 3.63) is 48.0 Å². The number of hydrogen-bond donors (Lipinski definition) is 2. The highest BCUT2D eigenvalue weighted by Gasteiger charge is 2.17. The molecule has 2 aromatic rings. The summed E-state index contributed by atoms with van der Waals surface area (Å²) in [6.45, 7) is 2.34. The first kappa shape index (κ1) is 20.7. The number of sulfonamides is 1. The minimum absolute atomic E-state index is 0.0452. The van der Waals surface area contributed by atoms with E-state index in [0.717, 1.165) is 12.8 Å². The number of unbranched alkanes of at least 4 members (excludes halogenated alkanes) is 1. The van der Waals surface area contributed by atoms with Gasteiger partial charge in [-0.15, -0.1) is 0 Å². The van der Waals surface area contributed by atoms with Crippen LogP contribution < -0.4 is 19.5 Å². The summed E-state index contributed by atoms with van der Waals surface area (Å²) in [4.78, 5) is 12.6. The van der Waals surface area contributed by atoms with Gasteiger partial charge in [-0.1, -0.05) is 19.4 Å². The van der Waals surface area contributed by atoms with Crippen molar-refractivity contribution in [3.8, 4) is 11.5 Å². The smallest absolute Gasteiger partial charge is 0.255 e. The van der Waals surface area contributed by atoms with Gasteiger partial charge in [0.15, 0.2) is 0 Å². The minimum atomic E-state index is -3.66. The lowest BCUT2D eigenvalue weighted by Gasteiger charge is -2.12. The van der Waals surface area contributed by atoms with E-state index in [0.29, 0.717) is 23.7 Å². The molecule has 0 heterocycles. The highest BCUT2D eigenvalue weighted by molar-refractivity contribution is 7.89. The zero-order valence-corrected chi connectivity index (χ0v) is 16.4. The van der Waals surface area contributed by atoms with Crippen molar-refractivity contribution in [1.29, 1.82) is 0 Å². The maximum Gasteiger partial charge on any atom is 0.255 e. The van der Waals surface area contributed by atoms with Crippen molar-refractivity contribution in [1.82, 2.24) is 4.72 Å². The predicted octanol–water partition coefficient (Wildman–Crippen LogP) is 3.03. The molecule has 0 atom stereocenters. The Morgan fingerprint density at radius 2 is 1.85 bits per heavy atom. The van der Waals surface area contributed by atoms with E-state index in [1.807, 2.05) is 6.92 Å². The fourth-order valence-corrected chi connectivity index (χ4v) is 3.50. The highest BCUT2D eigenvalue weighted by atomic mass is 32.2. The number of carbonyl (C=O) groups is 1. The zero-order valence-electron chi connectivity index (χ0n) is 15.6. The van der Waals surface area contributed by atoms with Crippen LogP contribution >= 0.6 is 0 Å². The van der Waals surface area contributed by atoms with E-state index in [-0.39, 0.29) is 10.5 Å². The largest absolute Gasteiger partial charge is 0.497 e. The van der Waals surface area contributed by atoms with Crippen LogP contribution in [0.15, 0.2) is 47.4 Å². The molecule has 0 fully saturated rings. The van der Waals surface area contributed by atoms with Gasteiger partial charge >= 0.3 is 0 Å². The van der Waals surface area contributed by atoms with Gasteiger partial charge in [-0.25, -0.2) is 13.1 Å². The first-order valence-electron chi connectivity index (χ1n) is 8.54. The molecule has 0 aromatic heterocycles. The number of nitrogens with one attached hydrogen (secondary N) is 2. The summed E-state index contributed by atoms with van der Waals surface area (Å²) in [5.74, 6) is 0.573. The van der Waals surface area contributed by atoms with E-state index < -0.39 is 15.9 Å². The van der Waals surface area contributed by atoms with Crippen molar-refractivity contribution < 1.29 is 22.7 Å². The van der Waals surface area contributed by atoms with E-state index in [1.165, 1.54) is 32.4 Å². The van der Waals surface area contributed by atoms with E-state index in [2.05, 4.69) is 10.0 Å². The van der Waals surface area contributed by atoms with Crippen molar-refractivity contribution in [2.75, 3.05) is 26.1 Å². The molecule has 7 nitrogen and oxygen atoms in total. The van der Waals surface area contributed by atoms with Gasteiger partial charge in [0.05, 0.1) is 24.8 Å². The van der Waals surface area contributed by atoms with Gasteiger partial charge in [0.1, 0.15) is 11.5 Å². The van der Waals surface area contributed by atoms with Crippen LogP contribution in [0.1, 0.15) is 30.1 Å². The number of benzene rings is 2. The lowest BCUT2D eigenvalue weighted by Crippen LogP contribution is -2.25. The van der Waals surface area contributed by atoms with Crippen molar-refractivity contribution in [3.63, 3.8) is 0 Å². The third-order valence-corrected chi connectivity index (χ3v) is 5.34. The van der Waals surface area contributed by atoms with Gasteiger partial charge in [0.2, 0.25) is 10.0 Å². The predicted molar refractivity (Wildman–Crippen MR) is 104 cm³/mol. The molecule has 2 aromatic carbocycles. The average Bonchev–Trinajstić information content (AvgIpc) is 2.68. The molecule has 8 heteroatoms. The van der Waals surface area contributed by atoms with Crippen LogP contribution in [0.2, 0.25) is 0 Å². The number of carbonyl (C=O) groups excluding carboxylic acids is 1. The van der Waals surface area contributed by atoms with Gasteiger partial charge in [-0.2, -0.15) is 0 Å². The average molecular weight is 392 g/mol. The molecule has 0 aliphatic carbocycles. The summed E-state index contributed by atoms with van der Waals surface area (Å²) < 4.78 is 37.6. The standard InChI is InChI=1S/C19H24N2O5S/c1-4-5-11-20-27(23,24)16-8-6-7-14(12-16)19(22)21-17-13-15(25-2)9-10-18(17)26-3/h6-10,12-13,20H,4-5,11H2,1-3H3,(H,21,22). The molecule has 1 amide bonds. The van der Waals surface area contributed by atoms with Crippen molar-refractivity contribution >= 4 is 21.6 Å². The Labute approximate surface area is 159 Å². The quantitative estimate of drug-likeness (QED) is 0.640. The first-order valence-corrected chi connectivity index (χ1v) is 10.0. The molecule has 2 N–H and O–H groups in total. The molecule has 0 spiro atoms. The molecule has 27 heavy (non-hydrogen) atoms. The minimum Gasteiger partial charge on any atom is -0.497 e. The number of rotatable bonds is 9. The first-order chi connectivity index (χ1) is 12.9. The molecule has 0 saturated heterocycles. The van der Waals surface area contributed by atoms with E-state index in [9.17, 15) is 13.2 Å². The topological polar surface area (TPSA) is 93.7 Å². The molecular weight excluding hydrogens is 368 g/mol. The maximum absolute atomic E-state index is 12.6. The monoisotopic (exact) mass is 392 g/mol. The lowest BCUT2D eigenvalue weighted by molar-refractivity contribution is 0.102. The van der Waals surface area contributed by atoms with E-state index >= 15 is 0 Å². The van der Waals surface area contributed by atoms with Crippen molar-refractivity contribution in [2.45, 2.75) is 24.7 Å². The molecule has 0 aliphatic rings. The molecule has 0 saturated carbocycles. The van der Waals surface area contributed by atoms with Gasteiger partial charge in [-0.3, -0.25) is 4.79 Å². The second-order valence-electron chi connectivity index (χ2n) is 5.80. The molecule has 2 rings (SSSR count). The Hall–Kier alpha value is -2.58. The Balaban J connectivity index is 2.23. The number of methoxy groups -OCH3 is 2. The molecular formula is C19H24N2O5S. The van der Waals surface area contributed by atoms with Crippen LogP contribution in [0, 0.1) is 0 Å². The molecule has 0 radical (unpaired) electrons. The van der Waals surface area contributed by atoms with E-state index in [4.69, 9.17) is 9.47 Å². The van der Waals surface area contributed by atoms with Gasteiger partial charge in [0, 0.05) is 18.2 Å². The van der Waals surface area contributed by atoms with Gasteiger partial charge in [-0.05, 0) is 36.8 Å². The SMILES string of the molecule is CCCCNS(=O)(=O)c1cccc(C(=O)Nc2cc(OC)ccc2OC)c1. The van der Waals surface area contributed by atoms with Gasteiger partial charge in [0.25, 0.3) is 5.91 Å².